The number of carbonyl (C=O) groups excluding carboxylic acids is 1. The summed E-state index contributed by atoms with van der Waals surface area (Å²) in [4.78, 5) is 15.7. The van der Waals surface area contributed by atoms with Crippen molar-refractivity contribution in [3.63, 3.8) is 0 Å². The summed E-state index contributed by atoms with van der Waals surface area (Å²) in [7, 11) is 0. The maximum Gasteiger partial charge on any atom is 0.312 e. The van der Waals surface area contributed by atoms with Gasteiger partial charge in [0.25, 0.3) is 0 Å². The molecule has 1 fully saturated rings. The Hall–Kier alpha value is -1.79. The van der Waals surface area contributed by atoms with Gasteiger partial charge in [-0.2, -0.15) is 0 Å². The molecule has 3 unspecified atom stereocenters. The fourth-order valence-corrected chi connectivity index (χ4v) is 4.26. The average Bonchev–Trinajstić information content (AvgIpc) is 2.61. The molecule has 1 heterocycles. The van der Waals surface area contributed by atoms with Crippen LogP contribution in [0.5, 0.6) is 0 Å². The first-order chi connectivity index (χ1) is 12.5. The molecule has 1 aliphatic carbocycles. The zero-order valence-electron chi connectivity index (χ0n) is 14.9. The van der Waals surface area contributed by atoms with E-state index in [1.807, 2.05) is 18.2 Å². The molecular weight excluding hydrogens is 352 g/mol. The molecule has 7 heteroatoms. The highest BCUT2D eigenvalue weighted by atomic mass is 35.5. The van der Waals surface area contributed by atoms with Crippen molar-refractivity contribution in [2.24, 2.45) is 16.5 Å². The summed E-state index contributed by atoms with van der Waals surface area (Å²) in [5.41, 5.74) is 12.2. The van der Waals surface area contributed by atoms with Crippen LogP contribution in [0.3, 0.4) is 0 Å². The van der Waals surface area contributed by atoms with E-state index in [0.717, 1.165) is 55.5 Å². The minimum atomic E-state index is -0.496. The van der Waals surface area contributed by atoms with E-state index in [4.69, 9.17) is 32.8 Å². The SMILES string of the molecule is NC(=O)NCCCCC(N)C1=NC2(c3ccccc3Cl)CCCC(C2)O1. The lowest BCUT2D eigenvalue weighted by molar-refractivity contribution is 0.0660. The largest absolute Gasteiger partial charge is 0.476 e. The monoisotopic (exact) mass is 378 g/mol. The van der Waals surface area contributed by atoms with Crippen LogP contribution in [0.2, 0.25) is 5.02 Å². The number of carbonyl (C=O) groups is 1. The van der Waals surface area contributed by atoms with Crippen LogP contribution in [0, 0.1) is 0 Å². The number of halogens is 1. The first-order valence-corrected chi connectivity index (χ1v) is 9.68. The number of nitrogens with two attached hydrogens (primary N) is 2. The lowest BCUT2D eigenvalue weighted by Crippen LogP contribution is -2.46. The van der Waals surface area contributed by atoms with Gasteiger partial charge in [0.15, 0.2) is 0 Å². The number of primary amides is 1. The summed E-state index contributed by atoms with van der Waals surface area (Å²) in [5.74, 6) is 0.642. The Kier molecular flexibility index (Phi) is 6.04. The Morgan fingerprint density at radius 2 is 2.23 bits per heavy atom. The minimum absolute atomic E-state index is 0.148. The first-order valence-electron chi connectivity index (χ1n) is 9.30. The molecule has 6 nitrogen and oxygen atoms in total. The van der Waals surface area contributed by atoms with E-state index in [-0.39, 0.29) is 17.7 Å². The number of benzene rings is 1. The van der Waals surface area contributed by atoms with E-state index in [1.54, 1.807) is 0 Å². The number of nitrogens with one attached hydrogen (secondary N) is 1. The van der Waals surface area contributed by atoms with E-state index in [9.17, 15) is 4.79 Å². The Morgan fingerprint density at radius 1 is 1.42 bits per heavy atom. The number of rotatable bonds is 7. The van der Waals surface area contributed by atoms with Crippen molar-refractivity contribution in [3.8, 4) is 0 Å². The molecule has 3 rings (SSSR count). The summed E-state index contributed by atoms with van der Waals surface area (Å²) < 4.78 is 6.09. The molecule has 26 heavy (non-hydrogen) atoms. The fourth-order valence-electron chi connectivity index (χ4n) is 3.95. The molecule has 1 aromatic rings. The Balaban J connectivity index is 1.71. The molecule has 3 atom stereocenters. The van der Waals surface area contributed by atoms with E-state index < -0.39 is 6.03 Å². The van der Waals surface area contributed by atoms with Gasteiger partial charge in [0.2, 0.25) is 5.90 Å². The van der Waals surface area contributed by atoms with Crippen molar-refractivity contribution in [2.75, 3.05) is 6.54 Å². The van der Waals surface area contributed by atoms with Crippen molar-refractivity contribution in [1.29, 1.82) is 0 Å². The zero-order valence-corrected chi connectivity index (χ0v) is 15.7. The Morgan fingerprint density at radius 3 is 3.00 bits per heavy atom. The van der Waals surface area contributed by atoms with E-state index in [1.165, 1.54) is 0 Å². The number of fused-ring (bicyclic) bond motifs is 2. The predicted molar refractivity (Wildman–Crippen MR) is 103 cm³/mol. The van der Waals surface area contributed by atoms with Gasteiger partial charge in [0.1, 0.15) is 6.10 Å². The maximum atomic E-state index is 10.7. The number of hydrogen-bond donors (Lipinski definition) is 3. The number of urea groups is 1. The van der Waals surface area contributed by atoms with E-state index in [2.05, 4.69) is 11.4 Å². The molecule has 0 spiro atoms. The second kappa shape index (κ2) is 8.27. The van der Waals surface area contributed by atoms with Crippen molar-refractivity contribution >= 4 is 23.5 Å². The number of amides is 2. The van der Waals surface area contributed by atoms with Gasteiger partial charge in [-0.1, -0.05) is 29.8 Å². The van der Waals surface area contributed by atoms with Crippen LogP contribution >= 0.6 is 11.6 Å². The summed E-state index contributed by atoms with van der Waals surface area (Å²) in [6.07, 6.45) is 6.52. The van der Waals surface area contributed by atoms with Gasteiger partial charge in [0, 0.05) is 18.0 Å². The summed E-state index contributed by atoms with van der Waals surface area (Å²) in [6, 6.07) is 7.20. The highest BCUT2D eigenvalue weighted by molar-refractivity contribution is 6.31. The van der Waals surface area contributed by atoms with Crippen molar-refractivity contribution in [3.05, 3.63) is 34.9 Å². The predicted octanol–water partition coefficient (Wildman–Crippen LogP) is 3.07. The highest BCUT2D eigenvalue weighted by Crippen LogP contribution is 2.46. The van der Waals surface area contributed by atoms with Gasteiger partial charge in [-0.15, -0.1) is 0 Å². The number of hydrogen-bond acceptors (Lipinski definition) is 4. The second-order valence-electron chi connectivity index (χ2n) is 7.19. The van der Waals surface area contributed by atoms with Crippen LogP contribution in [0.15, 0.2) is 29.3 Å². The van der Waals surface area contributed by atoms with E-state index >= 15 is 0 Å². The molecule has 1 aromatic carbocycles. The van der Waals surface area contributed by atoms with Crippen LogP contribution in [-0.4, -0.2) is 30.6 Å². The molecule has 2 bridgehead atoms. The smallest absolute Gasteiger partial charge is 0.312 e. The minimum Gasteiger partial charge on any atom is -0.476 e. The first kappa shape index (κ1) is 19.0. The Labute approximate surface area is 159 Å². The average molecular weight is 379 g/mol. The van der Waals surface area contributed by atoms with Gasteiger partial charge in [-0.25, -0.2) is 9.79 Å². The third kappa shape index (κ3) is 4.30. The second-order valence-corrected chi connectivity index (χ2v) is 7.60. The molecule has 1 aliphatic heterocycles. The van der Waals surface area contributed by atoms with Crippen molar-refractivity contribution in [1.82, 2.24) is 5.32 Å². The van der Waals surface area contributed by atoms with Gasteiger partial charge < -0.3 is 21.5 Å². The molecule has 2 aliphatic rings. The van der Waals surface area contributed by atoms with Crippen LogP contribution in [0.1, 0.15) is 50.5 Å². The van der Waals surface area contributed by atoms with Crippen LogP contribution < -0.4 is 16.8 Å². The van der Waals surface area contributed by atoms with Gasteiger partial charge in [-0.05, 0) is 50.2 Å². The molecule has 0 saturated heterocycles. The van der Waals surface area contributed by atoms with Gasteiger partial charge in [0.05, 0.1) is 11.6 Å². The topological polar surface area (TPSA) is 103 Å². The third-order valence-corrected chi connectivity index (χ3v) is 5.56. The van der Waals surface area contributed by atoms with Crippen LogP contribution in [0.25, 0.3) is 0 Å². The fraction of sp³-hybridized carbons (Fsp3) is 0.579. The lowest BCUT2D eigenvalue weighted by atomic mass is 9.75. The van der Waals surface area contributed by atoms with Crippen LogP contribution in [0.4, 0.5) is 4.79 Å². The maximum absolute atomic E-state index is 10.7. The van der Waals surface area contributed by atoms with Crippen molar-refractivity contribution in [2.45, 2.75) is 62.6 Å². The Bertz CT molecular complexity index is 681. The lowest BCUT2D eigenvalue weighted by Gasteiger charge is -2.44. The van der Waals surface area contributed by atoms with Crippen LogP contribution in [-0.2, 0) is 10.3 Å². The number of ether oxygens (including phenoxy) is 1. The summed E-state index contributed by atoms with van der Waals surface area (Å²) in [5, 5.41) is 3.34. The number of aliphatic imine (C=N–C) groups is 1. The summed E-state index contributed by atoms with van der Waals surface area (Å²) >= 11 is 6.48. The standard InChI is InChI=1S/C19H27ClN4O2/c20-15-8-2-1-7-14(15)19-10-5-6-13(12-19)26-17(24-19)16(21)9-3-4-11-23-18(22)25/h1-2,7-8,13,16H,3-6,9-12,21H2,(H3,22,23,25). The molecule has 2 amide bonds. The number of nitrogens with zero attached hydrogens (tertiary/aromatic N) is 1. The van der Waals surface area contributed by atoms with Gasteiger partial charge >= 0.3 is 6.03 Å². The third-order valence-electron chi connectivity index (χ3n) is 5.23. The van der Waals surface area contributed by atoms with Gasteiger partial charge in [-0.3, -0.25) is 0 Å². The molecular formula is C19H27ClN4O2. The molecule has 142 valence electrons. The van der Waals surface area contributed by atoms with Crippen molar-refractivity contribution < 1.29 is 9.53 Å². The van der Waals surface area contributed by atoms with E-state index in [0.29, 0.717) is 12.4 Å². The number of unbranched alkanes of at least 4 members (excludes halogenated alkanes) is 1. The molecule has 0 radical (unpaired) electrons. The zero-order chi connectivity index (χ0) is 18.6. The normalized spacial score (nSPS) is 25.8. The molecule has 0 aromatic heterocycles. The quantitative estimate of drug-likeness (QED) is 0.635. The summed E-state index contributed by atoms with van der Waals surface area (Å²) in [6.45, 7) is 0.557. The molecule has 1 saturated carbocycles. The molecule has 5 N–H and O–H groups in total. The highest BCUT2D eigenvalue weighted by Gasteiger charge is 2.44.